The maximum Gasteiger partial charge on any atom is 0.338 e. The van der Waals surface area contributed by atoms with Crippen LogP contribution in [0.25, 0.3) is 0 Å². The van der Waals surface area contributed by atoms with Gasteiger partial charge in [0.05, 0.1) is 0 Å². The number of rotatable bonds is 4. The van der Waals surface area contributed by atoms with Crippen molar-refractivity contribution < 1.29 is 17.4 Å². The number of carbonyl (C=O) groups is 1. The standard InChI is InChI=1S/C12H15NO4S/c14-12(11-7-4-8-13-11)17-18(15,16)9-10-5-2-1-3-6-10/h1-3,5-6,11,13H,4,7-9H2. The van der Waals surface area contributed by atoms with Crippen LogP contribution in [0.3, 0.4) is 0 Å². The molecule has 0 amide bonds. The van der Waals surface area contributed by atoms with Crippen molar-refractivity contribution >= 4 is 16.1 Å². The summed E-state index contributed by atoms with van der Waals surface area (Å²) >= 11 is 0. The lowest BCUT2D eigenvalue weighted by molar-refractivity contribution is -0.135. The molecule has 0 saturated carbocycles. The van der Waals surface area contributed by atoms with E-state index in [2.05, 4.69) is 9.50 Å². The van der Waals surface area contributed by atoms with Gasteiger partial charge in [-0.25, -0.2) is 4.79 Å². The minimum atomic E-state index is -3.86. The Hall–Kier alpha value is -1.40. The molecule has 5 nitrogen and oxygen atoms in total. The van der Waals surface area contributed by atoms with Gasteiger partial charge in [0.25, 0.3) is 0 Å². The third-order valence-corrected chi connectivity index (χ3v) is 3.85. The number of benzene rings is 1. The normalized spacial score (nSPS) is 19.7. The summed E-state index contributed by atoms with van der Waals surface area (Å²) in [6, 6.07) is 8.15. The van der Waals surface area contributed by atoms with Crippen molar-refractivity contribution in [3.63, 3.8) is 0 Å². The van der Waals surface area contributed by atoms with Crippen molar-refractivity contribution in [2.75, 3.05) is 6.54 Å². The van der Waals surface area contributed by atoms with Crippen LogP contribution >= 0.6 is 0 Å². The molecule has 1 aliphatic heterocycles. The molecule has 0 bridgehead atoms. The largest absolute Gasteiger partial charge is 0.344 e. The lowest BCUT2D eigenvalue weighted by Gasteiger charge is -2.10. The first kappa shape index (κ1) is 13.0. The first-order valence-corrected chi connectivity index (χ1v) is 7.38. The number of carbonyl (C=O) groups excluding carboxylic acids is 1. The Morgan fingerprint density at radius 1 is 1.33 bits per heavy atom. The second kappa shape index (κ2) is 5.49. The van der Waals surface area contributed by atoms with E-state index >= 15 is 0 Å². The monoisotopic (exact) mass is 269 g/mol. The molecule has 1 aromatic carbocycles. The molecule has 1 aromatic rings. The summed E-state index contributed by atoms with van der Waals surface area (Å²) < 4.78 is 28.0. The highest BCUT2D eigenvalue weighted by Gasteiger charge is 2.28. The molecule has 1 atom stereocenters. The van der Waals surface area contributed by atoms with Crippen molar-refractivity contribution in [3.05, 3.63) is 35.9 Å². The molecule has 0 aromatic heterocycles. The smallest absolute Gasteiger partial charge is 0.338 e. The molecule has 6 heteroatoms. The third-order valence-electron chi connectivity index (χ3n) is 2.74. The highest BCUT2D eigenvalue weighted by molar-refractivity contribution is 7.86. The van der Waals surface area contributed by atoms with Crippen LogP contribution < -0.4 is 5.32 Å². The van der Waals surface area contributed by atoms with Gasteiger partial charge in [0.2, 0.25) is 0 Å². The number of nitrogens with one attached hydrogen (secondary N) is 1. The third kappa shape index (κ3) is 3.54. The fraction of sp³-hybridized carbons (Fsp3) is 0.417. The Bertz CT molecular complexity index is 506. The lowest BCUT2D eigenvalue weighted by atomic mass is 10.2. The van der Waals surface area contributed by atoms with Crippen molar-refractivity contribution in [1.29, 1.82) is 0 Å². The van der Waals surface area contributed by atoms with Gasteiger partial charge in [-0.1, -0.05) is 30.3 Å². The quantitative estimate of drug-likeness (QED) is 0.819. The van der Waals surface area contributed by atoms with Crippen LogP contribution in [-0.2, 0) is 24.8 Å². The van der Waals surface area contributed by atoms with Crippen LogP contribution in [0.1, 0.15) is 18.4 Å². The first-order chi connectivity index (χ1) is 8.57. The Kier molecular flexibility index (Phi) is 3.98. The number of hydrogen-bond acceptors (Lipinski definition) is 5. The van der Waals surface area contributed by atoms with E-state index in [1.54, 1.807) is 30.3 Å². The topological polar surface area (TPSA) is 72.5 Å². The molecule has 0 aliphatic carbocycles. The van der Waals surface area contributed by atoms with E-state index in [1.807, 2.05) is 0 Å². The molecule has 2 rings (SSSR count). The van der Waals surface area contributed by atoms with Gasteiger partial charge in [0.1, 0.15) is 11.8 Å². The lowest BCUT2D eigenvalue weighted by Crippen LogP contribution is -2.34. The van der Waals surface area contributed by atoms with Crippen LogP contribution in [0.15, 0.2) is 30.3 Å². The Morgan fingerprint density at radius 3 is 2.67 bits per heavy atom. The molecular formula is C12H15NO4S. The summed E-state index contributed by atoms with van der Waals surface area (Å²) in [7, 11) is -3.86. The van der Waals surface area contributed by atoms with Crippen LogP contribution in [0, 0.1) is 0 Å². The Morgan fingerprint density at radius 2 is 2.06 bits per heavy atom. The van der Waals surface area contributed by atoms with E-state index < -0.39 is 22.1 Å². The van der Waals surface area contributed by atoms with Gasteiger partial charge in [0, 0.05) is 0 Å². The molecule has 1 aliphatic rings. The van der Waals surface area contributed by atoms with Gasteiger partial charge < -0.3 is 9.50 Å². The average molecular weight is 269 g/mol. The van der Waals surface area contributed by atoms with Crippen LogP contribution in [0.2, 0.25) is 0 Å². The summed E-state index contributed by atoms with van der Waals surface area (Å²) in [6.45, 7) is 0.721. The van der Waals surface area contributed by atoms with Gasteiger partial charge in [-0.3, -0.25) is 0 Å². The highest BCUT2D eigenvalue weighted by Crippen LogP contribution is 2.12. The van der Waals surface area contributed by atoms with Crippen molar-refractivity contribution in [3.8, 4) is 0 Å². The maximum absolute atomic E-state index is 11.7. The van der Waals surface area contributed by atoms with E-state index in [4.69, 9.17) is 0 Å². The van der Waals surface area contributed by atoms with Crippen LogP contribution in [0.4, 0.5) is 0 Å². The van der Waals surface area contributed by atoms with Crippen molar-refractivity contribution in [2.45, 2.75) is 24.6 Å². The molecule has 98 valence electrons. The molecule has 0 radical (unpaired) electrons. The number of hydrogen-bond donors (Lipinski definition) is 1. The van der Waals surface area contributed by atoms with Crippen LogP contribution in [0.5, 0.6) is 0 Å². The fourth-order valence-electron chi connectivity index (χ4n) is 1.88. The molecule has 1 heterocycles. The minimum Gasteiger partial charge on any atom is -0.344 e. The SMILES string of the molecule is O=C(OS(=O)(=O)Cc1ccccc1)C1CCCN1. The molecule has 1 N–H and O–H groups in total. The molecule has 1 unspecified atom stereocenters. The van der Waals surface area contributed by atoms with Gasteiger partial charge in [0.15, 0.2) is 0 Å². The molecule has 1 saturated heterocycles. The second-order valence-corrected chi connectivity index (χ2v) is 5.81. The fourth-order valence-corrected chi connectivity index (χ4v) is 2.90. The first-order valence-electron chi connectivity index (χ1n) is 5.80. The van der Waals surface area contributed by atoms with Crippen molar-refractivity contribution in [2.24, 2.45) is 0 Å². The second-order valence-electron chi connectivity index (χ2n) is 4.24. The van der Waals surface area contributed by atoms with Gasteiger partial charge >= 0.3 is 16.1 Å². The summed E-state index contributed by atoms with van der Waals surface area (Å²) in [6.07, 6.45) is 1.48. The summed E-state index contributed by atoms with van der Waals surface area (Å²) in [5.41, 5.74) is 0.602. The summed E-state index contributed by atoms with van der Waals surface area (Å²) in [5, 5.41) is 2.90. The van der Waals surface area contributed by atoms with E-state index in [0.717, 1.165) is 13.0 Å². The van der Waals surface area contributed by atoms with E-state index in [-0.39, 0.29) is 5.75 Å². The Labute approximate surface area is 106 Å². The molecule has 0 spiro atoms. The maximum atomic E-state index is 11.7. The molecular weight excluding hydrogens is 254 g/mol. The van der Waals surface area contributed by atoms with E-state index in [1.165, 1.54) is 0 Å². The van der Waals surface area contributed by atoms with Crippen molar-refractivity contribution in [1.82, 2.24) is 5.32 Å². The molecule has 1 fully saturated rings. The zero-order chi connectivity index (χ0) is 13.0. The molecule has 18 heavy (non-hydrogen) atoms. The van der Waals surface area contributed by atoms with Gasteiger partial charge in [-0.15, -0.1) is 0 Å². The average Bonchev–Trinajstić information content (AvgIpc) is 2.82. The zero-order valence-electron chi connectivity index (χ0n) is 9.83. The Balaban J connectivity index is 1.97. The minimum absolute atomic E-state index is 0.285. The van der Waals surface area contributed by atoms with Crippen LogP contribution in [-0.4, -0.2) is 27.0 Å². The summed E-state index contributed by atoms with van der Waals surface area (Å²) in [5.74, 6) is -0.991. The summed E-state index contributed by atoms with van der Waals surface area (Å²) in [4.78, 5) is 11.6. The highest BCUT2D eigenvalue weighted by atomic mass is 32.2. The predicted octanol–water partition coefficient (Wildman–Crippen LogP) is 0.812. The van der Waals surface area contributed by atoms with Gasteiger partial charge in [-0.05, 0) is 24.9 Å². The van der Waals surface area contributed by atoms with E-state index in [9.17, 15) is 13.2 Å². The van der Waals surface area contributed by atoms with E-state index in [0.29, 0.717) is 12.0 Å². The zero-order valence-corrected chi connectivity index (χ0v) is 10.7. The van der Waals surface area contributed by atoms with Gasteiger partial charge in [-0.2, -0.15) is 8.42 Å². The predicted molar refractivity (Wildman–Crippen MR) is 66.2 cm³/mol.